The van der Waals surface area contributed by atoms with Crippen molar-refractivity contribution in [3.05, 3.63) is 32.2 Å². The fraction of sp³-hybridized carbons (Fsp3) is 0.200. The average Bonchev–Trinajstić information content (AvgIpc) is 2.76. The predicted molar refractivity (Wildman–Crippen MR) is 75.6 cm³/mol. The lowest BCUT2D eigenvalue weighted by Crippen LogP contribution is -1.95. The van der Waals surface area contributed by atoms with Gasteiger partial charge in [0.05, 0.1) is 4.47 Å². The number of aromatic nitrogens is 2. The van der Waals surface area contributed by atoms with E-state index < -0.39 is 0 Å². The highest BCUT2D eigenvalue weighted by atomic mass is 79.9. The molecule has 4 nitrogen and oxygen atoms in total. The predicted octanol–water partition coefficient (Wildman–Crippen LogP) is 3.68. The van der Waals surface area contributed by atoms with Gasteiger partial charge in [0.2, 0.25) is 5.13 Å². The van der Waals surface area contributed by atoms with Crippen LogP contribution in [0.25, 0.3) is 0 Å². The maximum absolute atomic E-state index is 5.65. The standard InChI is InChI=1S/C10H9Br2N3OS/c1-13-10-15-14-9(17-10)5-16-8-3-2-6(11)4-7(8)12/h2-4H,5H2,1H3,(H,13,15). The lowest BCUT2D eigenvalue weighted by atomic mass is 10.3. The van der Waals surface area contributed by atoms with E-state index in [1.807, 2.05) is 25.2 Å². The molecule has 2 rings (SSSR count). The van der Waals surface area contributed by atoms with Crippen molar-refractivity contribution in [2.45, 2.75) is 6.61 Å². The molecule has 1 N–H and O–H groups in total. The molecule has 1 aromatic heterocycles. The van der Waals surface area contributed by atoms with Gasteiger partial charge < -0.3 is 10.1 Å². The Morgan fingerprint density at radius 3 is 2.82 bits per heavy atom. The van der Waals surface area contributed by atoms with Crippen molar-refractivity contribution in [3.63, 3.8) is 0 Å². The van der Waals surface area contributed by atoms with E-state index in [0.29, 0.717) is 6.61 Å². The quantitative estimate of drug-likeness (QED) is 0.881. The molecule has 0 saturated carbocycles. The topological polar surface area (TPSA) is 47.0 Å². The van der Waals surface area contributed by atoms with Gasteiger partial charge in [0.15, 0.2) is 5.01 Å². The van der Waals surface area contributed by atoms with Gasteiger partial charge >= 0.3 is 0 Å². The molecule has 0 aliphatic carbocycles. The second kappa shape index (κ2) is 5.79. The number of rotatable bonds is 4. The largest absolute Gasteiger partial charge is 0.485 e. The van der Waals surface area contributed by atoms with Gasteiger partial charge in [-0.1, -0.05) is 27.3 Å². The Kier molecular flexibility index (Phi) is 4.36. The van der Waals surface area contributed by atoms with Crippen LogP contribution in [0.4, 0.5) is 5.13 Å². The van der Waals surface area contributed by atoms with Gasteiger partial charge in [0, 0.05) is 11.5 Å². The molecule has 0 amide bonds. The Balaban J connectivity index is 2.02. The summed E-state index contributed by atoms with van der Waals surface area (Å²) in [6, 6.07) is 5.77. The van der Waals surface area contributed by atoms with Crippen molar-refractivity contribution in [1.82, 2.24) is 10.2 Å². The second-order valence-electron chi connectivity index (χ2n) is 3.11. The smallest absolute Gasteiger partial charge is 0.205 e. The third kappa shape index (κ3) is 3.40. The van der Waals surface area contributed by atoms with Crippen molar-refractivity contribution >= 4 is 48.3 Å². The zero-order chi connectivity index (χ0) is 12.3. The van der Waals surface area contributed by atoms with E-state index in [2.05, 4.69) is 47.4 Å². The maximum atomic E-state index is 5.65. The number of nitrogens with one attached hydrogen (secondary N) is 1. The summed E-state index contributed by atoms with van der Waals surface area (Å²) in [6.07, 6.45) is 0. The van der Waals surface area contributed by atoms with Crippen molar-refractivity contribution in [2.24, 2.45) is 0 Å². The van der Waals surface area contributed by atoms with Crippen LogP contribution < -0.4 is 10.1 Å². The number of hydrogen-bond acceptors (Lipinski definition) is 5. The molecular weight excluding hydrogens is 370 g/mol. The van der Waals surface area contributed by atoms with Gasteiger partial charge in [0.25, 0.3) is 0 Å². The van der Waals surface area contributed by atoms with Crippen molar-refractivity contribution in [3.8, 4) is 5.75 Å². The lowest BCUT2D eigenvalue weighted by Gasteiger charge is -2.06. The molecule has 0 unspecified atom stereocenters. The normalized spacial score (nSPS) is 10.3. The van der Waals surface area contributed by atoms with Crippen LogP contribution in [0.1, 0.15) is 5.01 Å². The van der Waals surface area contributed by atoms with Crippen LogP contribution in [0.2, 0.25) is 0 Å². The minimum Gasteiger partial charge on any atom is -0.485 e. The Morgan fingerprint density at radius 1 is 1.35 bits per heavy atom. The van der Waals surface area contributed by atoms with E-state index in [0.717, 1.165) is 24.8 Å². The number of ether oxygens (including phenoxy) is 1. The van der Waals surface area contributed by atoms with Crippen LogP contribution in [0.5, 0.6) is 5.75 Å². The second-order valence-corrected chi connectivity index (χ2v) is 5.95. The Labute approximate surface area is 120 Å². The number of anilines is 1. The molecule has 7 heteroatoms. The summed E-state index contributed by atoms with van der Waals surface area (Å²) in [5, 5.41) is 12.5. The SMILES string of the molecule is CNc1nnc(COc2ccc(Br)cc2Br)s1. The summed E-state index contributed by atoms with van der Waals surface area (Å²) in [7, 11) is 1.82. The molecule has 0 fully saturated rings. The Bertz CT molecular complexity index is 518. The summed E-state index contributed by atoms with van der Waals surface area (Å²) in [6.45, 7) is 0.416. The summed E-state index contributed by atoms with van der Waals surface area (Å²) in [5.41, 5.74) is 0. The van der Waals surface area contributed by atoms with Gasteiger partial charge in [-0.25, -0.2) is 0 Å². The minimum absolute atomic E-state index is 0.416. The molecule has 0 aliphatic rings. The van der Waals surface area contributed by atoms with E-state index in [4.69, 9.17) is 4.74 Å². The molecule has 0 spiro atoms. The lowest BCUT2D eigenvalue weighted by molar-refractivity contribution is 0.302. The Hall–Kier alpha value is -0.660. The van der Waals surface area contributed by atoms with Crippen LogP contribution in [0.3, 0.4) is 0 Å². The van der Waals surface area contributed by atoms with Gasteiger partial charge in [-0.3, -0.25) is 0 Å². The van der Waals surface area contributed by atoms with Crippen LogP contribution in [0.15, 0.2) is 27.1 Å². The molecule has 17 heavy (non-hydrogen) atoms. The molecule has 0 bridgehead atoms. The van der Waals surface area contributed by atoms with E-state index in [-0.39, 0.29) is 0 Å². The highest BCUT2D eigenvalue weighted by Gasteiger charge is 2.06. The summed E-state index contributed by atoms with van der Waals surface area (Å²) >= 11 is 8.31. The molecular formula is C10H9Br2N3OS. The minimum atomic E-state index is 0.416. The molecule has 1 heterocycles. The molecule has 0 saturated heterocycles. The third-order valence-electron chi connectivity index (χ3n) is 1.93. The highest BCUT2D eigenvalue weighted by molar-refractivity contribution is 9.11. The van der Waals surface area contributed by atoms with Crippen LogP contribution >= 0.6 is 43.2 Å². The van der Waals surface area contributed by atoms with Crippen LogP contribution in [0, 0.1) is 0 Å². The first-order chi connectivity index (χ1) is 8.19. The van der Waals surface area contributed by atoms with E-state index in [9.17, 15) is 0 Å². The first-order valence-electron chi connectivity index (χ1n) is 4.77. The van der Waals surface area contributed by atoms with Gasteiger partial charge in [0.1, 0.15) is 12.4 Å². The van der Waals surface area contributed by atoms with E-state index in [1.165, 1.54) is 11.3 Å². The summed E-state index contributed by atoms with van der Waals surface area (Å²) in [4.78, 5) is 0. The van der Waals surface area contributed by atoms with Gasteiger partial charge in [-0.2, -0.15) is 0 Å². The van der Waals surface area contributed by atoms with Crippen molar-refractivity contribution < 1.29 is 4.74 Å². The number of nitrogens with zero attached hydrogens (tertiary/aromatic N) is 2. The zero-order valence-corrected chi connectivity index (χ0v) is 12.9. The van der Waals surface area contributed by atoms with E-state index in [1.54, 1.807) is 0 Å². The summed E-state index contributed by atoms with van der Waals surface area (Å²) < 4.78 is 7.56. The van der Waals surface area contributed by atoms with Crippen molar-refractivity contribution in [2.75, 3.05) is 12.4 Å². The van der Waals surface area contributed by atoms with Crippen LogP contribution in [-0.4, -0.2) is 17.2 Å². The fourth-order valence-electron chi connectivity index (χ4n) is 1.14. The molecule has 0 aliphatic heterocycles. The summed E-state index contributed by atoms with van der Waals surface area (Å²) in [5.74, 6) is 0.786. The molecule has 2 aromatic rings. The number of halogens is 2. The highest BCUT2D eigenvalue weighted by Crippen LogP contribution is 2.29. The molecule has 0 radical (unpaired) electrons. The third-order valence-corrected chi connectivity index (χ3v) is 3.95. The molecule has 0 atom stereocenters. The fourth-order valence-corrected chi connectivity index (χ4v) is 2.91. The molecule has 90 valence electrons. The van der Waals surface area contributed by atoms with Crippen LogP contribution in [-0.2, 0) is 6.61 Å². The van der Waals surface area contributed by atoms with Gasteiger partial charge in [-0.15, -0.1) is 10.2 Å². The first-order valence-corrected chi connectivity index (χ1v) is 7.17. The maximum Gasteiger partial charge on any atom is 0.205 e. The number of hydrogen-bond donors (Lipinski definition) is 1. The monoisotopic (exact) mass is 377 g/mol. The average molecular weight is 379 g/mol. The zero-order valence-electron chi connectivity index (χ0n) is 8.91. The van der Waals surface area contributed by atoms with Crippen molar-refractivity contribution in [1.29, 1.82) is 0 Å². The first kappa shape index (κ1) is 12.8. The van der Waals surface area contributed by atoms with E-state index >= 15 is 0 Å². The number of benzene rings is 1. The van der Waals surface area contributed by atoms with Gasteiger partial charge in [-0.05, 0) is 34.1 Å². The molecule has 1 aromatic carbocycles. The Morgan fingerprint density at radius 2 is 2.18 bits per heavy atom.